The van der Waals surface area contributed by atoms with Gasteiger partial charge >= 0.3 is 0 Å². The first-order valence-corrected chi connectivity index (χ1v) is 6.82. The summed E-state index contributed by atoms with van der Waals surface area (Å²) >= 11 is 0. The predicted octanol–water partition coefficient (Wildman–Crippen LogP) is 3.65. The summed E-state index contributed by atoms with van der Waals surface area (Å²) in [6.07, 6.45) is 1.93. The van der Waals surface area contributed by atoms with Gasteiger partial charge in [0.05, 0.1) is 5.41 Å². The molecule has 0 aliphatic heterocycles. The molecule has 0 heterocycles. The Morgan fingerprint density at radius 2 is 1.81 bits per heavy atom. The molecule has 3 nitrogen and oxygen atoms in total. The van der Waals surface area contributed by atoms with Gasteiger partial charge in [0.2, 0.25) is 0 Å². The highest BCUT2D eigenvalue weighted by Crippen LogP contribution is 2.48. The van der Waals surface area contributed by atoms with Gasteiger partial charge in [0, 0.05) is 0 Å². The standard InChI is InChI=1S/C17H18N2O.ClH/c18-16(19)17(9-10-17)14-7-4-8-15(11-14)20-12-13-5-2-1-3-6-13;/h1-8,11H,9-10,12H2,(H3,18,19);1H. The molecule has 2 aromatic rings. The van der Waals surface area contributed by atoms with Crippen LogP contribution in [0.4, 0.5) is 0 Å². The molecule has 0 aromatic heterocycles. The summed E-state index contributed by atoms with van der Waals surface area (Å²) in [5.41, 5.74) is 7.73. The molecule has 21 heavy (non-hydrogen) atoms. The van der Waals surface area contributed by atoms with Gasteiger partial charge in [-0.25, -0.2) is 0 Å². The summed E-state index contributed by atoms with van der Waals surface area (Å²) in [5.74, 6) is 1.09. The summed E-state index contributed by atoms with van der Waals surface area (Å²) < 4.78 is 5.82. The molecular weight excluding hydrogens is 284 g/mol. The van der Waals surface area contributed by atoms with Gasteiger partial charge in [0.15, 0.2) is 0 Å². The first kappa shape index (κ1) is 15.4. The van der Waals surface area contributed by atoms with Crippen LogP contribution in [-0.2, 0) is 12.0 Å². The van der Waals surface area contributed by atoms with Crippen LogP contribution in [-0.4, -0.2) is 5.84 Å². The second-order valence-electron chi connectivity index (χ2n) is 5.30. The number of ether oxygens (including phenoxy) is 1. The van der Waals surface area contributed by atoms with Gasteiger partial charge in [-0.1, -0.05) is 42.5 Å². The van der Waals surface area contributed by atoms with Crippen molar-refractivity contribution in [3.8, 4) is 5.75 Å². The number of nitrogens with one attached hydrogen (secondary N) is 1. The number of halogens is 1. The number of rotatable bonds is 5. The van der Waals surface area contributed by atoms with E-state index in [9.17, 15) is 0 Å². The fourth-order valence-electron chi connectivity index (χ4n) is 2.46. The van der Waals surface area contributed by atoms with Crippen molar-refractivity contribution in [3.63, 3.8) is 0 Å². The maximum Gasteiger partial charge on any atom is 0.120 e. The van der Waals surface area contributed by atoms with E-state index >= 15 is 0 Å². The Balaban J connectivity index is 0.00000161. The molecule has 0 radical (unpaired) electrons. The van der Waals surface area contributed by atoms with Crippen molar-refractivity contribution in [1.82, 2.24) is 0 Å². The Hall–Kier alpha value is -2.00. The lowest BCUT2D eigenvalue weighted by Gasteiger charge is -2.15. The van der Waals surface area contributed by atoms with Crippen molar-refractivity contribution in [2.75, 3.05) is 0 Å². The molecule has 1 saturated carbocycles. The van der Waals surface area contributed by atoms with E-state index in [2.05, 4.69) is 0 Å². The number of hydrogen-bond donors (Lipinski definition) is 2. The van der Waals surface area contributed by atoms with E-state index in [0.29, 0.717) is 6.61 Å². The molecule has 0 saturated heterocycles. The molecule has 3 N–H and O–H groups in total. The molecule has 0 spiro atoms. The van der Waals surface area contributed by atoms with E-state index in [4.69, 9.17) is 15.9 Å². The zero-order valence-electron chi connectivity index (χ0n) is 11.7. The van der Waals surface area contributed by atoms with Crippen LogP contribution >= 0.6 is 12.4 Å². The molecule has 110 valence electrons. The van der Waals surface area contributed by atoms with E-state index < -0.39 is 0 Å². The van der Waals surface area contributed by atoms with Gasteiger partial charge in [-0.3, -0.25) is 5.41 Å². The van der Waals surface area contributed by atoms with Crippen LogP contribution in [0, 0.1) is 5.41 Å². The summed E-state index contributed by atoms with van der Waals surface area (Å²) in [7, 11) is 0. The van der Waals surface area contributed by atoms with Crippen molar-refractivity contribution < 1.29 is 4.74 Å². The summed E-state index contributed by atoms with van der Waals surface area (Å²) in [5, 5.41) is 7.74. The molecule has 4 heteroatoms. The van der Waals surface area contributed by atoms with Crippen molar-refractivity contribution >= 4 is 18.2 Å². The number of benzene rings is 2. The Morgan fingerprint density at radius 3 is 2.43 bits per heavy atom. The van der Waals surface area contributed by atoms with Crippen LogP contribution < -0.4 is 10.5 Å². The molecule has 3 rings (SSSR count). The van der Waals surface area contributed by atoms with Crippen LogP contribution in [0.1, 0.15) is 24.0 Å². The van der Waals surface area contributed by atoms with Gasteiger partial charge < -0.3 is 10.5 Å². The summed E-state index contributed by atoms with van der Waals surface area (Å²) in [4.78, 5) is 0. The fraction of sp³-hybridized carbons (Fsp3) is 0.235. The lowest BCUT2D eigenvalue weighted by atomic mass is 9.95. The van der Waals surface area contributed by atoms with E-state index in [1.165, 1.54) is 0 Å². The zero-order chi connectivity index (χ0) is 14.0. The van der Waals surface area contributed by atoms with Gasteiger partial charge in [-0.2, -0.15) is 0 Å². The Morgan fingerprint density at radius 1 is 1.10 bits per heavy atom. The average molecular weight is 303 g/mol. The average Bonchev–Trinajstić information content (AvgIpc) is 3.28. The topological polar surface area (TPSA) is 59.1 Å². The highest BCUT2D eigenvalue weighted by molar-refractivity contribution is 5.92. The number of hydrogen-bond acceptors (Lipinski definition) is 2. The molecule has 1 aliphatic carbocycles. The molecular formula is C17H19ClN2O. The van der Waals surface area contributed by atoms with Crippen LogP contribution in [0.5, 0.6) is 5.75 Å². The minimum atomic E-state index is -0.230. The summed E-state index contributed by atoms with van der Waals surface area (Å²) in [6.45, 7) is 0.553. The van der Waals surface area contributed by atoms with Crippen LogP contribution in [0.25, 0.3) is 0 Å². The SMILES string of the molecule is Cl.N=C(N)C1(c2cccc(OCc3ccccc3)c2)CC1. The maximum atomic E-state index is 7.74. The smallest absolute Gasteiger partial charge is 0.120 e. The van der Waals surface area contributed by atoms with Crippen molar-refractivity contribution in [2.45, 2.75) is 24.9 Å². The Kier molecular flexibility index (Phi) is 4.53. The fourth-order valence-corrected chi connectivity index (χ4v) is 2.46. The number of amidine groups is 1. The van der Waals surface area contributed by atoms with Gasteiger partial charge in [0.25, 0.3) is 0 Å². The summed E-state index contributed by atoms with van der Waals surface area (Å²) in [6, 6.07) is 18.0. The highest BCUT2D eigenvalue weighted by Gasteiger charge is 2.47. The zero-order valence-corrected chi connectivity index (χ0v) is 12.5. The second-order valence-corrected chi connectivity index (χ2v) is 5.30. The Bertz CT molecular complexity index is 624. The van der Waals surface area contributed by atoms with Crippen LogP contribution in [0.3, 0.4) is 0 Å². The highest BCUT2D eigenvalue weighted by atomic mass is 35.5. The first-order chi connectivity index (χ1) is 9.71. The molecule has 0 atom stereocenters. The lowest BCUT2D eigenvalue weighted by Crippen LogP contribution is -2.27. The third kappa shape index (κ3) is 3.19. The van der Waals surface area contributed by atoms with Gasteiger partial charge in [0.1, 0.15) is 18.2 Å². The minimum Gasteiger partial charge on any atom is -0.489 e. The molecule has 0 bridgehead atoms. The van der Waals surface area contributed by atoms with Gasteiger partial charge in [-0.05, 0) is 36.1 Å². The molecule has 1 aliphatic rings. The third-order valence-corrected chi connectivity index (χ3v) is 3.90. The maximum absolute atomic E-state index is 7.74. The van der Waals surface area contributed by atoms with Crippen LogP contribution in [0.15, 0.2) is 54.6 Å². The van der Waals surface area contributed by atoms with E-state index in [1.54, 1.807) is 0 Å². The first-order valence-electron chi connectivity index (χ1n) is 6.82. The molecule has 2 aromatic carbocycles. The largest absolute Gasteiger partial charge is 0.489 e. The third-order valence-electron chi connectivity index (χ3n) is 3.90. The van der Waals surface area contributed by atoms with Crippen LogP contribution in [0.2, 0.25) is 0 Å². The van der Waals surface area contributed by atoms with Crippen molar-refractivity contribution in [1.29, 1.82) is 5.41 Å². The van der Waals surface area contributed by atoms with Crippen molar-refractivity contribution in [2.24, 2.45) is 5.73 Å². The monoisotopic (exact) mass is 302 g/mol. The second kappa shape index (κ2) is 6.19. The quantitative estimate of drug-likeness (QED) is 0.654. The van der Waals surface area contributed by atoms with E-state index in [1.807, 2.05) is 54.6 Å². The number of nitrogens with two attached hydrogens (primary N) is 1. The minimum absolute atomic E-state index is 0. The lowest BCUT2D eigenvalue weighted by molar-refractivity contribution is 0.306. The normalized spacial score (nSPS) is 14.9. The predicted molar refractivity (Wildman–Crippen MR) is 87.3 cm³/mol. The van der Waals surface area contributed by atoms with Crippen molar-refractivity contribution in [3.05, 3.63) is 65.7 Å². The Labute approximate surface area is 131 Å². The van der Waals surface area contributed by atoms with E-state index in [0.717, 1.165) is 29.7 Å². The molecule has 1 fully saturated rings. The molecule has 0 unspecified atom stereocenters. The van der Waals surface area contributed by atoms with Gasteiger partial charge in [-0.15, -0.1) is 12.4 Å². The molecule has 0 amide bonds. The van der Waals surface area contributed by atoms with E-state index in [-0.39, 0.29) is 23.7 Å².